The molecule has 1 saturated heterocycles. The number of halogens is 2. The third kappa shape index (κ3) is 5.26. The number of aryl methyl sites for hydroxylation is 1. The normalized spacial score (nSPS) is 18.0. The summed E-state index contributed by atoms with van der Waals surface area (Å²) >= 11 is 11.9. The molecule has 0 radical (unpaired) electrons. The summed E-state index contributed by atoms with van der Waals surface area (Å²) in [6.45, 7) is 2.57. The molecular weight excluding hydrogens is 419 g/mol. The van der Waals surface area contributed by atoms with Crippen LogP contribution in [0.25, 0.3) is 0 Å². The van der Waals surface area contributed by atoms with Crippen LogP contribution in [0.2, 0.25) is 10.0 Å². The Morgan fingerprint density at radius 1 is 1.14 bits per heavy atom. The van der Waals surface area contributed by atoms with Crippen LogP contribution in [0.1, 0.15) is 24.0 Å². The SMILES string of the molecule is Cc1ccc(NC(=O)C2CCCN(S(=O)(=O)Cc3ccc(Cl)c(Cl)c3)C2)cc1. The molecule has 1 N–H and O–H groups in total. The highest BCUT2D eigenvalue weighted by Crippen LogP contribution is 2.26. The summed E-state index contributed by atoms with van der Waals surface area (Å²) in [5, 5.41) is 3.59. The molecule has 0 saturated carbocycles. The fourth-order valence-electron chi connectivity index (χ4n) is 3.22. The van der Waals surface area contributed by atoms with Gasteiger partial charge in [0.25, 0.3) is 0 Å². The van der Waals surface area contributed by atoms with E-state index in [1.165, 1.54) is 4.31 Å². The van der Waals surface area contributed by atoms with Crippen molar-refractivity contribution in [2.75, 3.05) is 18.4 Å². The maximum Gasteiger partial charge on any atom is 0.228 e. The lowest BCUT2D eigenvalue weighted by Crippen LogP contribution is -2.44. The van der Waals surface area contributed by atoms with Crippen LogP contribution >= 0.6 is 23.2 Å². The van der Waals surface area contributed by atoms with Gasteiger partial charge in [-0.1, -0.05) is 47.0 Å². The van der Waals surface area contributed by atoms with Gasteiger partial charge in [-0.3, -0.25) is 4.79 Å². The minimum atomic E-state index is -3.56. The number of nitrogens with one attached hydrogen (secondary N) is 1. The average molecular weight is 441 g/mol. The molecule has 2 aromatic rings. The van der Waals surface area contributed by atoms with Gasteiger partial charge in [0.1, 0.15) is 0 Å². The summed E-state index contributed by atoms with van der Waals surface area (Å²) in [6.07, 6.45) is 1.31. The summed E-state index contributed by atoms with van der Waals surface area (Å²) in [4.78, 5) is 12.6. The largest absolute Gasteiger partial charge is 0.326 e. The van der Waals surface area contributed by atoms with E-state index < -0.39 is 10.0 Å². The van der Waals surface area contributed by atoms with E-state index in [4.69, 9.17) is 23.2 Å². The quantitative estimate of drug-likeness (QED) is 0.744. The van der Waals surface area contributed by atoms with Crippen molar-refractivity contribution in [3.05, 3.63) is 63.6 Å². The van der Waals surface area contributed by atoms with E-state index in [2.05, 4.69) is 5.32 Å². The molecule has 1 aliphatic rings. The molecule has 28 heavy (non-hydrogen) atoms. The van der Waals surface area contributed by atoms with Crippen molar-refractivity contribution in [3.63, 3.8) is 0 Å². The van der Waals surface area contributed by atoms with Gasteiger partial charge in [-0.05, 0) is 49.6 Å². The Labute approximate surface area is 175 Å². The monoisotopic (exact) mass is 440 g/mol. The van der Waals surface area contributed by atoms with E-state index in [1.54, 1.807) is 18.2 Å². The maximum atomic E-state index is 12.8. The minimum absolute atomic E-state index is 0.154. The molecule has 1 unspecified atom stereocenters. The zero-order valence-electron chi connectivity index (χ0n) is 15.5. The van der Waals surface area contributed by atoms with Crippen LogP contribution in [-0.4, -0.2) is 31.7 Å². The lowest BCUT2D eigenvalue weighted by molar-refractivity contribution is -0.120. The second-order valence-corrected chi connectivity index (χ2v) is 9.84. The molecule has 0 aromatic heterocycles. The van der Waals surface area contributed by atoms with Crippen molar-refractivity contribution in [2.45, 2.75) is 25.5 Å². The molecule has 1 aliphatic heterocycles. The summed E-state index contributed by atoms with van der Waals surface area (Å²) in [5.41, 5.74) is 2.39. The first-order valence-electron chi connectivity index (χ1n) is 9.04. The van der Waals surface area contributed by atoms with Gasteiger partial charge in [-0.2, -0.15) is 0 Å². The van der Waals surface area contributed by atoms with Gasteiger partial charge in [-0.15, -0.1) is 0 Å². The number of hydrogen-bond donors (Lipinski definition) is 1. The van der Waals surface area contributed by atoms with Crippen molar-refractivity contribution < 1.29 is 13.2 Å². The third-order valence-corrected chi connectivity index (χ3v) is 7.36. The molecule has 5 nitrogen and oxygen atoms in total. The van der Waals surface area contributed by atoms with Crippen molar-refractivity contribution in [1.29, 1.82) is 0 Å². The number of sulfonamides is 1. The van der Waals surface area contributed by atoms with E-state index in [0.717, 1.165) is 5.56 Å². The van der Waals surface area contributed by atoms with Crippen LogP contribution in [0.3, 0.4) is 0 Å². The predicted molar refractivity (Wildman–Crippen MR) is 113 cm³/mol. The molecule has 1 heterocycles. The average Bonchev–Trinajstić information content (AvgIpc) is 2.66. The van der Waals surface area contributed by atoms with Crippen molar-refractivity contribution >= 4 is 44.8 Å². The second kappa shape index (κ2) is 8.82. The molecule has 1 amide bonds. The summed E-state index contributed by atoms with van der Waals surface area (Å²) in [5.74, 6) is -0.701. The summed E-state index contributed by atoms with van der Waals surface area (Å²) in [7, 11) is -3.56. The Hall–Kier alpha value is -1.60. The first-order valence-corrected chi connectivity index (χ1v) is 11.4. The number of hydrogen-bond acceptors (Lipinski definition) is 3. The van der Waals surface area contributed by atoms with Crippen LogP contribution in [0.5, 0.6) is 0 Å². The van der Waals surface area contributed by atoms with Crippen molar-refractivity contribution in [3.8, 4) is 0 Å². The van der Waals surface area contributed by atoms with E-state index in [1.807, 2.05) is 31.2 Å². The second-order valence-electron chi connectivity index (χ2n) is 7.06. The van der Waals surface area contributed by atoms with Crippen LogP contribution < -0.4 is 5.32 Å². The Bertz CT molecular complexity index is 962. The number of anilines is 1. The molecule has 1 atom stereocenters. The van der Waals surface area contributed by atoms with E-state index in [0.29, 0.717) is 40.7 Å². The van der Waals surface area contributed by atoms with Gasteiger partial charge in [0, 0.05) is 18.8 Å². The van der Waals surface area contributed by atoms with E-state index in [9.17, 15) is 13.2 Å². The zero-order chi connectivity index (χ0) is 20.3. The van der Waals surface area contributed by atoms with Crippen molar-refractivity contribution in [1.82, 2.24) is 4.31 Å². The highest BCUT2D eigenvalue weighted by Gasteiger charge is 2.32. The topological polar surface area (TPSA) is 66.5 Å². The minimum Gasteiger partial charge on any atom is -0.326 e. The summed E-state index contributed by atoms with van der Waals surface area (Å²) < 4.78 is 27.1. The van der Waals surface area contributed by atoms with E-state index >= 15 is 0 Å². The van der Waals surface area contributed by atoms with Crippen molar-refractivity contribution in [2.24, 2.45) is 5.92 Å². The number of carbonyl (C=O) groups is 1. The number of amides is 1. The zero-order valence-corrected chi connectivity index (χ0v) is 17.8. The Morgan fingerprint density at radius 2 is 1.86 bits per heavy atom. The Balaban J connectivity index is 1.66. The number of nitrogens with zero attached hydrogens (tertiary/aromatic N) is 1. The first kappa shape index (κ1) is 21.1. The molecule has 8 heteroatoms. The molecule has 0 aliphatic carbocycles. The molecule has 0 bridgehead atoms. The molecule has 1 fully saturated rings. The Kier molecular flexibility index (Phi) is 6.65. The predicted octanol–water partition coefficient (Wildman–Crippen LogP) is 4.48. The van der Waals surface area contributed by atoms with Gasteiger partial charge in [0.2, 0.25) is 15.9 Å². The van der Waals surface area contributed by atoms with Crippen LogP contribution in [0, 0.1) is 12.8 Å². The maximum absolute atomic E-state index is 12.8. The van der Waals surface area contributed by atoms with Crippen LogP contribution in [0.15, 0.2) is 42.5 Å². The highest BCUT2D eigenvalue weighted by molar-refractivity contribution is 7.88. The highest BCUT2D eigenvalue weighted by atomic mass is 35.5. The van der Waals surface area contributed by atoms with E-state index in [-0.39, 0.29) is 24.1 Å². The van der Waals surface area contributed by atoms with Gasteiger partial charge in [0.15, 0.2) is 0 Å². The van der Waals surface area contributed by atoms with Gasteiger partial charge >= 0.3 is 0 Å². The molecule has 2 aromatic carbocycles. The van der Waals surface area contributed by atoms with Crippen LogP contribution in [-0.2, 0) is 20.6 Å². The number of benzene rings is 2. The van der Waals surface area contributed by atoms with Gasteiger partial charge in [0.05, 0.1) is 21.7 Å². The fraction of sp³-hybridized carbons (Fsp3) is 0.350. The fourth-order valence-corrected chi connectivity index (χ4v) is 5.14. The first-order chi connectivity index (χ1) is 13.2. The summed E-state index contributed by atoms with van der Waals surface area (Å²) in [6, 6.07) is 12.3. The Morgan fingerprint density at radius 3 is 2.54 bits per heavy atom. The lowest BCUT2D eigenvalue weighted by Gasteiger charge is -2.31. The smallest absolute Gasteiger partial charge is 0.228 e. The number of piperidine rings is 1. The molecular formula is C20H22Cl2N2O3S. The van der Waals surface area contributed by atoms with Crippen LogP contribution in [0.4, 0.5) is 5.69 Å². The lowest BCUT2D eigenvalue weighted by atomic mass is 9.98. The number of rotatable bonds is 5. The van der Waals surface area contributed by atoms with Gasteiger partial charge < -0.3 is 5.32 Å². The molecule has 0 spiro atoms. The van der Waals surface area contributed by atoms with Gasteiger partial charge in [-0.25, -0.2) is 12.7 Å². The number of carbonyl (C=O) groups excluding carboxylic acids is 1. The molecule has 150 valence electrons. The molecule has 3 rings (SSSR count). The third-order valence-electron chi connectivity index (χ3n) is 4.80. The standard InChI is InChI=1S/C20H22Cl2N2O3S/c1-14-4-7-17(8-5-14)23-20(25)16-3-2-10-24(12-16)28(26,27)13-15-6-9-18(21)19(22)11-15/h4-9,11,16H,2-3,10,12-13H2,1H3,(H,23,25).